The SMILES string of the molecule is Cc1ccsc1[C@H]1CCCCCN1S(C)(=O)=O. The van der Waals surface area contributed by atoms with E-state index >= 15 is 0 Å². The summed E-state index contributed by atoms with van der Waals surface area (Å²) in [5.74, 6) is 0. The number of hydrogen-bond donors (Lipinski definition) is 0. The molecule has 0 N–H and O–H groups in total. The number of hydrogen-bond acceptors (Lipinski definition) is 3. The first-order chi connectivity index (χ1) is 8.00. The Morgan fingerprint density at radius 1 is 1.35 bits per heavy atom. The van der Waals surface area contributed by atoms with Crippen molar-refractivity contribution in [3.63, 3.8) is 0 Å². The molecule has 0 aliphatic carbocycles. The van der Waals surface area contributed by atoms with E-state index in [1.165, 1.54) is 16.7 Å². The molecule has 0 radical (unpaired) electrons. The zero-order valence-electron chi connectivity index (χ0n) is 10.3. The van der Waals surface area contributed by atoms with Crippen LogP contribution in [0, 0.1) is 6.92 Å². The first kappa shape index (κ1) is 13.1. The quantitative estimate of drug-likeness (QED) is 0.831. The molecule has 1 saturated heterocycles. The largest absolute Gasteiger partial charge is 0.212 e. The Kier molecular flexibility index (Phi) is 3.90. The average Bonchev–Trinajstić information content (AvgIpc) is 2.52. The van der Waals surface area contributed by atoms with Crippen LogP contribution >= 0.6 is 11.3 Å². The van der Waals surface area contributed by atoms with Gasteiger partial charge in [0, 0.05) is 11.4 Å². The Hall–Kier alpha value is -0.390. The lowest BCUT2D eigenvalue weighted by atomic mass is 10.1. The van der Waals surface area contributed by atoms with Gasteiger partial charge in [-0.2, -0.15) is 4.31 Å². The Balaban J connectivity index is 2.37. The van der Waals surface area contributed by atoms with Crippen LogP contribution in [0.4, 0.5) is 0 Å². The molecule has 1 aliphatic rings. The minimum Gasteiger partial charge on any atom is -0.212 e. The number of rotatable bonds is 2. The second kappa shape index (κ2) is 5.08. The Bertz CT molecular complexity index is 478. The second-order valence-electron chi connectivity index (χ2n) is 4.71. The van der Waals surface area contributed by atoms with Crippen molar-refractivity contribution in [2.45, 2.75) is 38.6 Å². The maximum Gasteiger partial charge on any atom is 0.211 e. The van der Waals surface area contributed by atoms with Crippen molar-refractivity contribution in [1.29, 1.82) is 0 Å². The van der Waals surface area contributed by atoms with Crippen LogP contribution in [0.2, 0.25) is 0 Å². The highest BCUT2D eigenvalue weighted by atomic mass is 32.2. The van der Waals surface area contributed by atoms with Crippen molar-refractivity contribution >= 4 is 21.4 Å². The molecule has 0 spiro atoms. The van der Waals surface area contributed by atoms with Crippen molar-refractivity contribution in [3.05, 3.63) is 21.9 Å². The highest BCUT2D eigenvalue weighted by Gasteiger charge is 2.30. The molecule has 2 heterocycles. The molecule has 0 bridgehead atoms. The van der Waals surface area contributed by atoms with Gasteiger partial charge in [0.15, 0.2) is 0 Å². The summed E-state index contributed by atoms with van der Waals surface area (Å²) >= 11 is 1.68. The van der Waals surface area contributed by atoms with E-state index in [9.17, 15) is 8.42 Å². The molecule has 1 aliphatic heterocycles. The van der Waals surface area contributed by atoms with Gasteiger partial charge in [-0.05, 0) is 36.8 Å². The van der Waals surface area contributed by atoms with Crippen molar-refractivity contribution in [1.82, 2.24) is 4.31 Å². The number of aryl methyl sites for hydroxylation is 1. The van der Waals surface area contributed by atoms with Crippen molar-refractivity contribution < 1.29 is 8.42 Å². The smallest absolute Gasteiger partial charge is 0.211 e. The molecule has 2 rings (SSSR count). The topological polar surface area (TPSA) is 37.4 Å². The number of thiophene rings is 1. The zero-order valence-corrected chi connectivity index (χ0v) is 12.0. The highest BCUT2D eigenvalue weighted by Crippen LogP contribution is 2.36. The number of sulfonamides is 1. The number of nitrogens with zero attached hydrogens (tertiary/aromatic N) is 1. The lowest BCUT2D eigenvalue weighted by molar-refractivity contribution is 0.335. The molecular weight excluding hydrogens is 254 g/mol. The van der Waals surface area contributed by atoms with E-state index in [2.05, 4.69) is 18.4 Å². The molecule has 1 aromatic heterocycles. The fraction of sp³-hybridized carbons (Fsp3) is 0.667. The van der Waals surface area contributed by atoms with Crippen LogP contribution in [0.3, 0.4) is 0 Å². The van der Waals surface area contributed by atoms with Crippen molar-refractivity contribution in [3.8, 4) is 0 Å². The van der Waals surface area contributed by atoms with Crippen LogP contribution in [-0.2, 0) is 10.0 Å². The first-order valence-corrected chi connectivity index (χ1v) is 8.74. The lowest BCUT2D eigenvalue weighted by Crippen LogP contribution is -2.33. The molecular formula is C12H19NO2S2. The van der Waals surface area contributed by atoms with E-state index in [0.29, 0.717) is 6.54 Å². The summed E-state index contributed by atoms with van der Waals surface area (Å²) in [4.78, 5) is 1.22. The first-order valence-electron chi connectivity index (χ1n) is 6.01. The molecule has 5 heteroatoms. The Morgan fingerprint density at radius 3 is 2.71 bits per heavy atom. The van der Waals surface area contributed by atoms with Crippen LogP contribution in [0.1, 0.15) is 42.2 Å². The summed E-state index contributed by atoms with van der Waals surface area (Å²) in [7, 11) is -3.10. The third kappa shape index (κ3) is 2.89. The second-order valence-corrected chi connectivity index (χ2v) is 7.59. The molecule has 0 amide bonds. The van der Waals surface area contributed by atoms with Gasteiger partial charge >= 0.3 is 0 Å². The third-order valence-corrected chi connectivity index (χ3v) is 5.74. The minimum absolute atomic E-state index is 0.0625. The summed E-state index contributed by atoms with van der Waals surface area (Å²) in [6, 6.07) is 2.14. The zero-order chi connectivity index (χ0) is 12.5. The molecule has 96 valence electrons. The van der Waals surface area contributed by atoms with Crippen molar-refractivity contribution in [2.75, 3.05) is 12.8 Å². The van der Waals surface area contributed by atoms with E-state index < -0.39 is 10.0 Å². The van der Waals surface area contributed by atoms with Gasteiger partial charge in [-0.3, -0.25) is 0 Å². The lowest BCUT2D eigenvalue weighted by Gasteiger charge is -2.27. The van der Waals surface area contributed by atoms with Gasteiger partial charge in [-0.1, -0.05) is 12.8 Å². The van der Waals surface area contributed by atoms with Gasteiger partial charge in [0.1, 0.15) is 0 Å². The Morgan fingerprint density at radius 2 is 2.12 bits per heavy atom. The van der Waals surface area contributed by atoms with Gasteiger partial charge in [0.2, 0.25) is 10.0 Å². The maximum absolute atomic E-state index is 11.9. The van der Waals surface area contributed by atoms with E-state index in [1.54, 1.807) is 15.6 Å². The fourth-order valence-corrected chi connectivity index (χ4v) is 4.74. The van der Waals surface area contributed by atoms with Gasteiger partial charge in [-0.25, -0.2) is 8.42 Å². The van der Waals surface area contributed by atoms with Crippen LogP contribution in [0.15, 0.2) is 11.4 Å². The van der Waals surface area contributed by atoms with Crippen LogP contribution in [0.25, 0.3) is 0 Å². The summed E-state index contributed by atoms with van der Waals surface area (Å²) in [5, 5.41) is 2.05. The van der Waals surface area contributed by atoms with Crippen LogP contribution in [0.5, 0.6) is 0 Å². The standard InChI is InChI=1S/C12H19NO2S2/c1-10-7-9-16-12(10)11-6-4-3-5-8-13(11)17(2,14)15/h7,9,11H,3-6,8H2,1-2H3/t11-/m1/s1. The van der Waals surface area contributed by atoms with E-state index in [-0.39, 0.29) is 6.04 Å². The molecule has 1 fully saturated rings. The van der Waals surface area contributed by atoms with Crippen molar-refractivity contribution in [2.24, 2.45) is 0 Å². The Labute approximate surface area is 108 Å². The molecule has 1 aromatic rings. The monoisotopic (exact) mass is 273 g/mol. The molecule has 17 heavy (non-hydrogen) atoms. The van der Waals surface area contributed by atoms with Gasteiger partial charge < -0.3 is 0 Å². The summed E-state index contributed by atoms with van der Waals surface area (Å²) < 4.78 is 25.5. The molecule has 3 nitrogen and oxygen atoms in total. The maximum atomic E-state index is 11.9. The summed E-state index contributed by atoms with van der Waals surface area (Å²) in [6.45, 7) is 2.73. The molecule has 0 aromatic carbocycles. The van der Waals surface area contributed by atoms with Gasteiger partial charge in [-0.15, -0.1) is 11.3 Å². The summed E-state index contributed by atoms with van der Waals surface area (Å²) in [5.41, 5.74) is 1.22. The molecule has 0 unspecified atom stereocenters. The highest BCUT2D eigenvalue weighted by molar-refractivity contribution is 7.88. The normalized spacial score (nSPS) is 23.5. The van der Waals surface area contributed by atoms with E-state index in [4.69, 9.17) is 0 Å². The van der Waals surface area contributed by atoms with Gasteiger partial charge in [0.05, 0.1) is 12.3 Å². The van der Waals surface area contributed by atoms with E-state index in [1.807, 2.05) is 0 Å². The predicted molar refractivity (Wildman–Crippen MR) is 71.8 cm³/mol. The predicted octanol–water partition coefficient (Wildman–Crippen LogP) is 2.93. The summed E-state index contributed by atoms with van der Waals surface area (Å²) in [6.07, 6.45) is 5.51. The third-order valence-electron chi connectivity index (χ3n) is 3.33. The average molecular weight is 273 g/mol. The molecule has 0 saturated carbocycles. The van der Waals surface area contributed by atoms with Gasteiger partial charge in [0.25, 0.3) is 0 Å². The fourth-order valence-electron chi connectivity index (χ4n) is 2.47. The van der Waals surface area contributed by atoms with E-state index in [0.717, 1.165) is 25.7 Å². The van der Waals surface area contributed by atoms with Crippen LogP contribution in [-0.4, -0.2) is 25.5 Å². The molecule has 1 atom stereocenters. The van der Waals surface area contributed by atoms with Crippen LogP contribution < -0.4 is 0 Å². The minimum atomic E-state index is -3.10.